The fraction of sp³-hybridized carbons (Fsp3) is 0.0377. The van der Waals surface area contributed by atoms with Gasteiger partial charge in [-0.1, -0.05) is 121 Å². The molecule has 1 aliphatic rings. The summed E-state index contributed by atoms with van der Waals surface area (Å²) in [6.45, 7) is 0. The summed E-state index contributed by atoms with van der Waals surface area (Å²) in [7, 11) is 0. The van der Waals surface area contributed by atoms with Gasteiger partial charge >= 0.3 is 0 Å². The lowest BCUT2D eigenvalue weighted by molar-refractivity contribution is 0.620. The van der Waals surface area contributed by atoms with E-state index in [0.29, 0.717) is 5.89 Å². The van der Waals surface area contributed by atoms with Gasteiger partial charge in [-0.25, -0.2) is 4.98 Å². The molecular weight excluding hydrogens is 695 g/mol. The number of hydrogen-bond donors (Lipinski definition) is 0. The Morgan fingerprint density at radius 2 is 1.07 bits per heavy atom. The molecule has 8 aromatic carbocycles. The van der Waals surface area contributed by atoms with Crippen LogP contribution in [0.5, 0.6) is 0 Å². The van der Waals surface area contributed by atoms with E-state index in [0.717, 1.165) is 74.2 Å². The molecule has 0 saturated heterocycles. The molecular formula is C53H37N3O. The van der Waals surface area contributed by atoms with Crippen molar-refractivity contribution in [1.82, 2.24) is 9.55 Å². The Labute approximate surface area is 331 Å². The zero-order chi connectivity index (χ0) is 37.7. The van der Waals surface area contributed by atoms with E-state index in [1.165, 1.54) is 33.3 Å². The van der Waals surface area contributed by atoms with Gasteiger partial charge in [0.1, 0.15) is 5.52 Å². The minimum Gasteiger partial charge on any atom is -0.436 e. The molecule has 10 aromatic rings. The molecule has 57 heavy (non-hydrogen) atoms. The van der Waals surface area contributed by atoms with Gasteiger partial charge in [0.15, 0.2) is 5.58 Å². The van der Waals surface area contributed by atoms with E-state index in [-0.39, 0.29) is 0 Å². The lowest BCUT2D eigenvalue weighted by Crippen LogP contribution is -2.10. The molecule has 0 amide bonds. The van der Waals surface area contributed by atoms with Crippen molar-refractivity contribution in [3.8, 4) is 39.4 Å². The second kappa shape index (κ2) is 13.7. The number of benzene rings is 8. The summed E-state index contributed by atoms with van der Waals surface area (Å²) in [5.74, 6) is 0.629. The maximum absolute atomic E-state index is 6.41. The third kappa shape index (κ3) is 5.73. The molecule has 2 aromatic heterocycles. The van der Waals surface area contributed by atoms with Crippen LogP contribution in [0.15, 0.2) is 199 Å². The number of allylic oxidation sites excluding steroid dienone is 1. The highest BCUT2D eigenvalue weighted by Crippen LogP contribution is 2.41. The van der Waals surface area contributed by atoms with Gasteiger partial charge in [0, 0.05) is 44.8 Å². The van der Waals surface area contributed by atoms with Crippen LogP contribution in [0.25, 0.3) is 78.2 Å². The van der Waals surface area contributed by atoms with Gasteiger partial charge in [-0.15, -0.1) is 0 Å². The average molecular weight is 732 g/mol. The van der Waals surface area contributed by atoms with Crippen LogP contribution in [-0.2, 0) is 6.42 Å². The van der Waals surface area contributed by atoms with Crippen molar-refractivity contribution in [2.45, 2.75) is 12.8 Å². The zero-order valence-corrected chi connectivity index (χ0v) is 31.2. The van der Waals surface area contributed by atoms with Gasteiger partial charge in [-0.2, -0.15) is 0 Å². The average Bonchev–Trinajstić information content (AvgIpc) is 3.88. The predicted molar refractivity (Wildman–Crippen MR) is 237 cm³/mol. The molecule has 11 rings (SSSR count). The molecule has 0 spiro atoms. The molecule has 0 radical (unpaired) electrons. The highest BCUT2D eigenvalue weighted by atomic mass is 16.3. The van der Waals surface area contributed by atoms with Crippen LogP contribution in [0.2, 0.25) is 0 Å². The number of oxazole rings is 1. The Bertz CT molecular complexity index is 3080. The van der Waals surface area contributed by atoms with Gasteiger partial charge in [-0.3, -0.25) is 0 Å². The van der Waals surface area contributed by atoms with Crippen LogP contribution in [-0.4, -0.2) is 9.55 Å². The minimum atomic E-state index is 0.629. The van der Waals surface area contributed by atoms with E-state index in [1.54, 1.807) is 0 Å². The van der Waals surface area contributed by atoms with Crippen LogP contribution in [0.1, 0.15) is 17.7 Å². The summed E-state index contributed by atoms with van der Waals surface area (Å²) in [5, 5.41) is 3.56. The number of para-hydroxylation sites is 1. The summed E-state index contributed by atoms with van der Waals surface area (Å²) in [6, 6.07) is 66.9. The van der Waals surface area contributed by atoms with Crippen molar-refractivity contribution < 1.29 is 4.42 Å². The summed E-state index contributed by atoms with van der Waals surface area (Å²) < 4.78 is 8.82. The Kier molecular flexibility index (Phi) is 7.92. The fourth-order valence-corrected chi connectivity index (χ4v) is 8.59. The van der Waals surface area contributed by atoms with Crippen LogP contribution in [0, 0.1) is 0 Å². The third-order valence-corrected chi connectivity index (χ3v) is 11.3. The molecule has 0 fully saturated rings. The highest BCUT2D eigenvalue weighted by molar-refractivity contribution is 6.11. The Hall–Kier alpha value is -7.43. The first-order valence-electron chi connectivity index (χ1n) is 19.6. The summed E-state index contributed by atoms with van der Waals surface area (Å²) in [6.07, 6.45) is 6.74. The molecule has 270 valence electrons. The standard InChI is InChI=1S/C53H37N3O/c1-3-13-36(14-4-1)37-23-27-40(28-24-37)55(42-31-33-43(34-32-42)56-49-21-11-9-18-45(49)46-19-10-12-22-50(46)56)41-29-25-38(26-30-41)48-35-51-52(47-20-8-7-17-44(47)48)54-53(57-51)39-15-5-2-6-16-39/h1-9,11-18,20-35H,10,19H2. The number of anilines is 3. The van der Waals surface area contributed by atoms with E-state index < -0.39 is 0 Å². The van der Waals surface area contributed by atoms with Gasteiger partial charge < -0.3 is 13.9 Å². The molecule has 2 heterocycles. The third-order valence-electron chi connectivity index (χ3n) is 11.3. The van der Waals surface area contributed by atoms with Crippen LogP contribution >= 0.6 is 0 Å². The number of rotatable bonds is 7. The maximum atomic E-state index is 6.41. The van der Waals surface area contributed by atoms with Crippen molar-refractivity contribution in [1.29, 1.82) is 0 Å². The monoisotopic (exact) mass is 731 g/mol. The second-order valence-corrected chi connectivity index (χ2v) is 14.7. The first-order valence-corrected chi connectivity index (χ1v) is 19.6. The smallest absolute Gasteiger partial charge is 0.227 e. The topological polar surface area (TPSA) is 34.2 Å². The van der Waals surface area contributed by atoms with Gasteiger partial charge in [0.05, 0.1) is 5.52 Å². The van der Waals surface area contributed by atoms with Crippen LogP contribution in [0.3, 0.4) is 0 Å². The molecule has 0 bridgehead atoms. The number of hydrogen-bond acceptors (Lipinski definition) is 3. The fourth-order valence-electron chi connectivity index (χ4n) is 8.59. The summed E-state index contributed by atoms with van der Waals surface area (Å²) in [4.78, 5) is 7.30. The van der Waals surface area contributed by atoms with E-state index in [1.807, 2.05) is 30.3 Å². The quantitative estimate of drug-likeness (QED) is 0.164. The second-order valence-electron chi connectivity index (χ2n) is 14.7. The van der Waals surface area contributed by atoms with Crippen LogP contribution < -0.4 is 4.90 Å². The molecule has 0 unspecified atom stereocenters. The zero-order valence-electron chi connectivity index (χ0n) is 31.2. The molecule has 0 atom stereocenters. The van der Waals surface area contributed by atoms with E-state index in [4.69, 9.17) is 9.40 Å². The van der Waals surface area contributed by atoms with Gasteiger partial charge in [0.25, 0.3) is 0 Å². The largest absolute Gasteiger partial charge is 0.436 e. The summed E-state index contributed by atoms with van der Waals surface area (Å²) >= 11 is 0. The van der Waals surface area contributed by atoms with E-state index in [9.17, 15) is 0 Å². The van der Waals surface area contributed by atoms with Gasteiger partial charge in [0.2, 0.25) is 5.89 Å². The molecule has 0 aliphatic heterocycles. The maximum Gasteiger partial charge on any atom is 0.227 e. The number of aromatic nitrogens is 2. The van der Waals surface area contributed by atoms with Crippen molar-refractivity contribution in [2.75, 3.05) is 4.90 Å². The number of aryl methyl sites for hydroxylation is 1. The Morgan fingerprint density at radius 3 is 1.77 bits per heavy atom. The Morgan fingerprint density at radius 1 is 0.509 bits per heavy atom. The van der Waals surface area contributed by atoms with Crippen LogP contribution in [0.4, 0.5) is 17.1 Å². The normalized spacial score (nSPS) is 12.4. The number of nitrogens with zero attached hydrogens (tertiary/aromatic N) is 3. The van der Waals surface area contributed by atoms with E-state index >= 15 is 0 Å². The molecule has 4 heteroatoms. The molecule has 0 saturated carbocycles. The molecule has 4 nitrogen and oxygen atoms in total. The van der Waals surface area contributed by atoms with Crippen molar-refractivity contribution in [2.24, 2.45) is 0 Å². The SMILES string of the molecule is C1=Cc2c(c3ccccc3n2-c2ccc(N(c3ccc(-c4ccccc4)cc3)c3ccc(-c4cc5oc(-c6ccccc6)nc5c5ccccc45)cc3)cc2)CC1. The number of fused-ring (bicyclic) bond motifs is 6. The molecule has 1 aliphatic carbocycles. The predicted octanol–water partition coefficient (Wildman–Crippen LogP) is 14.4. The Balaban J connectivity index is 1.01. The highest BCUT2D eigenvalue weighted by Gasteiger charge is 2.20. The van der Waals surface area contributed by atoms with Crippen molar-refractivity contribution in [3.05, 3.63) is 205 Å². The first kappa shape index (κ1) is 33.0. The first-order chi connectivity index (χ1) is 28.3. The van der Waals surface area contributed by atoms with Gasteiger partial charge in [-0.05, 0) is 125 Å². The van der Waals surface area contributed by atoms with Crippen molar-refractivity contribution >= 4 is 55.9 Å². The minimum absolute atomic E-state index is 0.629. The lowest BCUT2D eigenvalue weighted by Gasteiger charge is -2.26. The molecule has 0 N–H and O–H groups in total. The van der Waals surface area contributed by atoms with E-state index in [2.05, 4.69) is 179 Å². The lowest BCUT2D eigenvalue weighted by atomic mass is 9.97. The van der Waals surface area contributed by atoms with Crippen molar-refractivity contribution in [3.63, 3.8) is 0 Å². The summed E-state index contributed by atoms with van der Waals surface area (Å²) in [5.41, 5.74) is 15.6.